The number of thioether (sulfide) groups is 1. The summed E-state index contributed by atoms with van der Waals surface area (Å²) >= 11 is 1.08. The third-order valence-electron chi connectivity index (χ3n) is 3.04. The van der Waals surface area contributed by atoms with Crippen LogP contribution in [-0.4, -0.2) is 39.6 Å². The molecule has 1 aromatic carbocycles. The molecular weight excluding hydrogens is 365 g/mol. The fourth-order valence-corrected chi connectivity index (χ4v) is 2.59. The van der Waals surface area contributed by atoms with Gasteiger partial charge in [0, 0.05) is 11.8 Å². The predicted molar refractivity (Wildman–Crippen MR) is 93.6 cm³/mol. The van der Waals surface area contributed by atoms with E-state index in [0.29, 0.717) is 11.6 Å². The summed E-state index contributed by atoms with van der Waals surface area (Å²) in [7, 11) is 0. The summed E-state index contributed by atoms with van der Waals surface area (Å²) in [4.78, 5) is 34.1. The fraction of sp³-hybridized carbons (Fsp3) is 0.250. The molecule has 0 aliphatic carbocycles. The van der Waals surface area contributed by atoms with Crippen molar-refractivity contribution in [1.82, 2.24) is 5.16 Å². The Morgan fingerprint density at radius 1 is 1.19 bits per heavy atom. The lowest BCUT2D eigenvalue weighted by Crippen LogP contribution is -2.18. The van der Waals surface area contributed by atoms with E-state index < -0.39 is 24.1 Å². The van der Waals surface area contributed by atoms with Gasteiger partial charge in [0.25, 0.3) is 0 Å². The van der Waals surface area contributed by atoms with Crippen LogP contribution >= 0.6 is 11.8 Å². The lowest BCUT2D eigenvalue weighted by molar-refractivity contribution is -0.136. The van der Waals surface area contributed by atoms with Gasteiger partial charge in [-0.3, -0.25) is 14.4 Å². The maximum atomic E-state index is 13.7. The molecule has 2 amide bonds. The number of carbonyl (C=O) groups is 3. The topological polar surface area (TPSA) is 122 Å². The number of carbonyl (C=O) groups excluding carboxylic acids is 2. The van der Waals surface area contributed by atoms with E-state index in [-0.39, 0.29) is 28.7 Å². The van der Waals surface area contributed by atoms with E-state index in [1.165, 1.54) is 12.1 Å². The van der Waals surface area contributed by atoms with Crippen molar-refractivity contribution in [2.75, 3.05) is 22.1 Å². The number of carboxylic acids is 1. The lowest BCUT2D eigenvalue weighted by atomic mass is 10.1. The van der Waals surface area contributed by atoms with Gasteiger partial charge in [0.1, 0.15) is 11.6 Å². The molecule has 0 fully saturated rings. The van der Waals surface area contributed by atoms with E-state index >= 15 is 0 Å². The van der Waals surface area contributed by atoms with Gasteiger partial charge < -0.3 is 20.3 Å². The Morgan fingerprint density at radius 3 is 2.46 bits per heavy atom. The second-order valence-corrected chi connectivity index (χ2v) is 6.27. The highest BCUT2D eigenvalue weighted by atomic mass is 32.2. The minimum Gasteiger partial charge on any atom is -0.481 e. The highest BCUT2D eigenvalue weighted by molar-refractivity contribution is 8.00. The molecule has 0 bridgehead atoms. The molecule has 26 heavy (non-hydrogen) atoms. The Hall–Kier alpha value is -2.88. The highest BCUT2D eigenvalue weighted by Crippen LogP contribution is 2.16. The molecule has 0 saturated carbocycles. The summed E-state index contributed by atoms with van der Waals surface area (Å²) in [5.74, 6) is -1.71. The van der Waals surface area contributed by atoms with Gasteiger partial charge in [0.15, 0.2) is 5.82 Å². The van der Waals surface area contributed by atoms with Crippen LogP contribution in [0.3, 0.4) is 0 Å². The molecule has 0 spiro atoms. The zero-order valence-electron chi connectivity index (χ0n) is 13.7. The van der Waals surface area contributed by atoms with E-state index in [4.69, 9.17) is 9.63 Å². The van der Waals surface area contributed by atoms with E-state index in [1.807, 2.05) is 0 Å². The summed E-state index contributed by atoms with van der Waals surface area (Å²) in [5, 5.41) is 17.3. The second-order valence-electron chi connectivity index (χ2n) is 5.29. The molecule has 10 heteroatoms. The van der Waals surface area contributed by atoms with Crippen molar-refractivity contribution >= 4 is 41.1 Å². The summed E-state index contributed by atoms with van der Waals surface area (Å²) in [6.45, 7) is 1.69. The number of carboxylic acid groups (broad SMARTS) is 1. The summed E-state index contributed by atoms with van der Waals surface area (Å²) in [5.41, 5.74) is 0.245. The van der Waals surface area contributed by atoms with Gasteiger partial charge in [-0.1, -0.05) is 11.2 Å². The van der Waals surface area contributed by atoms with Crippen molar-refractivity contribution in [3.8, 4) is 0 Å². The molecule has 0 unspecified atom stereocenters. The largest absolute Gasteiger partial charge is 0.481 e. The van der Waals surface area contributed by atoms with Crippen molar-refractivity contribution in [3.63, 3.8) is 0 Å². The highest BCUT2D eigenvalue weighted by Gasteiger charge is 2.11. The minimum absolute atomic E-state index is 0.0102. The third kappa shape index (κ3) is 6.20. The number of hydrogen-bond acceptors (Lipinski definition) is 6. The Bertz CT molecular complexity index is 824. The number of aryl methyl sites for hydroxylation is 1. The van der Waals surface area contributed by atoms with Crippen LogP contribution in [0.25, 0.3) is 0 Å². The summed E-state index contributed by atoms with van der Waals surface area (Å²) in [6.07, 6.45) is -0.434. The van der Waals surface area contributed by atoms with Crippen LogP contribution in [0.2, 0.25) is 0 Å². The Labute approximate surface area is 152 Å². The van der Waals surface area contributed by atoms with E-state index in [1.54, 1.807) is 13.0 Å². The number of nitrogens with zero attached hydrogens (tertiary/aromatic N) is 1. The van der Waals surface area contributed by atoms with Crippen molar-refractivity contribution < 1.29 is 28.4 Å². The van der Waals surface area contributed by atoms with Gasteiger partial charge in [-0.05, 0) is 24.6 Å². The molecule has 0 radical (unpaired) electrons. The van der Waals surface area contributed by atoms with Gasteiger partial charge in [0.2, 0.25) is 11.8 Å². The van der Waals surface area contributed by atoms with Crippen LogP contribution in [0, 0.1) is 12.7 Å². The van der Waals surface area contributed by atoms with Gasteiger partial charge in [-0.25, -0.2) is 4.39 Å². The number of aromatic nitrogens is 1. The fourth-order valence-electron chi connectivity index (χ4n) is 1.97. The van der Waals surface area contributed by atoms with E-state index in [9.17, 15) is 18.8 Å². The molecule has 0 aliphatic heterocycles. The zero-order chi connectivity index (χ0) is 19.1. The van der Waals surface area contributed by atoms with Gasteiger partial charge in [-0.2, -0.15) is 0 Å². The van der Waals surface area contributed by atoms with Gasteiger partial charge in [-0.15, -0.1) is 11.8 Å². The predicted octanol–water partition coefficient (Wildman–Crippen LogP) is 2.06. The average molecular weight is 381 g/mol. The number of hydrogen-bond donors (Lipinski definition) is 3. The van der Waals surface area contributed by atoms with Crippen LogP contribution in [0.15, 0.2) is 28.8 Å². The maximum absolute atomic E-state index is 13.7. The maximum Gasteiger partial charge on any atom is 0.307 e. The SMILES string of the molecule is Cc1cc(NC(=O)CSCC(=O)Nc2ccc(CC(=O)O)c(F)c2)no1. The molecule has 1 heterocycles. The third-order valence-corrected chi connectivity index (χ3v) is 3.97. The first-order chi connectivity index (χ1) is 12.3. The minimum atomic E-state index is -1.14. The second kappa shape index (κ2) is 8.99. The van der Waals surface area contributed by atoms with Crippen molar-refractivity contribution in [2.45, 2.75) is 13.3 Å². The molecule has 1 aromatic heterocycles. The number of aliphatic carboxylic acids is 1. The van der Waals surface area contributed by atoms with Gasteiger partial charge in [0.05, 0.1) is 17.9 Å². The normalized spacial score (nSPS) is 10.4. The number of anilines is 2. The number of nitrogens with one attached hydrogen (secondary N) is 2. The molecule has 3 N–H and O–H groups in total. The Morgan fingerprint density at radius 2 is 1.88 bits per heavy atom. The number of benzene rings is 1. The number of rotatable bonds is 8. The smallest absolute Gasteiger partial charge is 0.307 e. The Balaban J connectivity index is 1.75. The molecule has 8 nitrogen and oxygen atoms in total. The zero-order valence-corrected chi connectivity index (χ0v) is 14.6. The molecule has 0 saturated heterocycles. The lowest BCUT2D eigenvalue weighted by Gasteiger charge is -2.07. The van der Waals surface area contributed by atoms with Crippen LogP contribution < -0.4 is 10.6 Å². The molecule has 2 rings (SSSR count). The van der Waals surface area contributed by atoms with Crippen molar-refractivity contribution in [2.24, 2.45) is 0 Å². The van der Waals surface area contributed by atoms with E-state index in [0.717, 1.165) is 17.8 Å². The van der Waals surface area contributed by atoms with Gasteiger partial charge >= 0.3 is 5.97 Å². The number of amides is 2. The monoisotopic (exact) mass is 381 g/mol. The van der Waals surface area contributed by atoms with Crippen LogP contribution in [-0.2, 0) is 20.8 Å². The summed E-state index contributed by atoms with van der Waals surface area (Å²) < 4.78 is 18.6. The molecule has 138 valence electrons. The number of halogens is 1. The first-order valence-electron chi connectivity index (χ1n) is 7.44. The van der Waals surface area contributed by atoms with Crippen LogP contribution in [0.1, 0.15) is 11.3 Å². The van der Waals surface area contributed by atoms with E-state index in [2.05, 4.69) is 15.8 Å². The van der Waals surface area contributed by atoms with Crippen LogP contribution in [0.5, 0.6) is 0 Å². The molecule has 2 aromatic rings. The molecule has 0 atom stereocenters. The first-order valence-corrected chi connectivity index (χ1v) is 8.60. The van der Waals surface area contributed by atoms with Crippen LogP contribution in [0.4, 0.5) is 15.9 Å². The molecular formula is C16H16FN3O5S. The Kier molecular flexibility index (Phi) is 6.73. The first kappa shape index (κ1) is 19.4. The summed E-state index contributed by atoms with van der Waals surface area (Å²) in [6, 6.07) is 5.35. The average Bonchev–Trinajstić information content (AvgIpc) is 2.94. The standard InChI is InChI=1S/C16H16FN3O5S/c1-9-4-13(20-25-9)19-15(22)8-26-7-14(21)18-11-3-2-10(5-16(23)24)12(17)6-11/h2-4,6H,5,7-8H2,1H3,(H,18,21)(H,23,24)(H,19,20,22). The van der Waals surface area contributed by atoms with Crippen molar-refractivity contribution in [3.05, 3.63) is 41.4 Å². The quantitative estimate of drug-likeness (QED) is 0.640. The van der Waals surface area contributed by atoms with Crippen molar-refractivity contribution in [1.29, 1.82) is 0 Å². The molecule has 0 aliphatic rings.